The highest BCUT2D eigenvalue weighted by molar-refractivity contribution is 14.1. The number of furan rings is 1. The molecule has 0 atom stereocenters. The summed E-state index contributed by atoms with van der Waals surface area (Å²) in [4.78, 5) is 12.2. The van der Waals surface area contributed by atoms with Crippen LogP contribution in [0.4, 0.5) is 4.39 Å². The van der Waals surface area contributed by atoms with Crippen LogP contribution < -0.4 is 5.32 Å². The molecule has 3 rings (SSSR count). The van der Waals surface area contributed by atoms with E-state index in [1.807, 2.05) is 53.8 Å². The Bertz CT molecular complexity index is 857. The maximum atomic E-state index is 13.3. The van der Waals surface area contributed by atoms with Crippen molar-refractivity contribution in [2.75, 3.05) is 0 Å². The predicted octanol–water partition coefficient (Wildman–Crippen LogP) is 4.41. The van der Waals surface area contributed by atoms with Gasteiger partial charge in [0.2, 0.25) is 0 Å². The van der Waals surface area contributed by atoms with Gasteiger partial charge in [-0.1, -0.05) is 18.2 Å². The van der Waals surface area contributed by atoms with Gasteiger partial charge in [-0.15, -0.1) is 0 Å². The molecular formula is C17H13FINO2. The fraction of sp³-hybridized carbons (Fsp3) is 0.118. The molecule has 1 N–H and O–H groups in total. The van der Waals surface area contributed by atoms with Crippen LogP contribution in [0.25, 0.3) is 11.0 Å². The predicted molar refractivity (Wildman–Crippen MR) is 91.2 cm³/mol. The zero-order valence-corrected chi connectivity index (χ0v) is 14.0. The van der Waals surface area contributed by atoms with E-state index in [-0.39, 0.29) is 12.5 Å². The van der Waals surface area contributed by atoms with E-state index < -0.39 is 5.82 Å². The number of benzene rings is 2. The summed E-state index contributed by atoms with van der Waals surface area (Å²) in [6, 6.07) is 11.9. The first kappa shape index (κ1) is 15.0. The highest BCUT2D eigenvalue weighted by Crippen LogP contribution is 2.24. The van der Waals surface area contributed by atoms with Gasteiger partial charge >= 0.3 is 0 Å². The summed E-state index contributed by atoms with van der Waals surface area (Å²) in [5, 5.41) is 3.82. The van der Waals surface area contributed by atoms with Crippen LogP contribution in [-0.2, 0) is 6.54 Å². The molecule has 0 aliphatic rings. The lowest BCUT2D eigenvalue weighted by Gasteiger charge is -2.06. The van der Waals surface area contributed by atoms with E-state index in [2.05, 4.69) is 5.32 Å². The van der Waals surface area contributed by atoms with Gasteiger partial charge in [0, 0.05) is 14.5 Å². The van der Waals surface area contributed by atoms with Crippen LogP contribution in [0.1, 0.15) is 21.7 Å². The standard InChI is InChI=1S/C17H13FINO2/c1-10-12-4-2-3-5-15(12)22-16(10)9-20-17(21)13-8-11(18)6-7-14(13)19/h2-8H,9H2,1H3,(H,20,21). The summed E-state index contributed by atoms with van der Waals surface area (Å²) in [5.41, 5.74) is 2.13. The molecule has 0 unspecified atom stereocenters. The first-order valence-corrected chi connectivity index (χ1v) is 7.84. The van der Waals surface area contributed by atoms with Crippen LogP contribution >= 0.6 is 22.6 Å². The Balaban J connectivity index is 1.80. The molecule has 1 aromatic heterocycles. The molecule has 0 saturated heterocycles. The van der Waals surface area contributed by atoms with Gasteiger partial charge < -0.3 is 9.73 Å². The van der Waals surface area contributed by atoms with Crippen molar-refractivity contribution in [1.82, 2.24) is 5.32 Å². The highest BCUT2D eigenvalue weighted by Gasteiger charge is 2.14. The van der Waals surface area contributed by atoms with Crippen molar-refractivity contribution in [2.24, 2.45) is 0 Å². The lowest BCUT2D eigenvalue weighted by atomic mass is 10.1. The SMILES string of the molecule is Cc1c(CNC(=O)c2cc(F)ccc2I)oc2ccccc12. The average molecular weight is 409 g/mol. The molecule has 22 heavy (non-hydrogen) atoms. The zero-order valence-electron chi connectivity index (χ0n) is 11.8. The Morgan fingerprint density at radius 3 is 2.82 bits per heavy atom. The number of hydrogen-bond donors (Lipinski definition) is 1. The number of fused-ring (bicyclic) bond motifs is 1. The minimum Gasteiger partial charge on any atom is -0.459 e. The number of carbonyl (C=O) groups excluding carboxylic acids is 1. The van der Waals surface area contributed by atoms with E-state index in [0.29, 0.717) is 14.9 Å². The fourth-order valence-corrected chi connectivity index (χ4v) is 2.90. The molecule has 0 radical (unpaired) electrons. The Labute approximate surface area is 140 Å². The summed E-state index contributed by atoms with van der Waals surface area (Å²) in [7, 11) is 0. The van der Waals surface area contributed by atoms with Crippen molar-refractivity contribution in [1.29, 1.82) is 0 Å². The molecule has 3 aromatic rings. The maximum Gasteiger partial charge on any atom is 0.252 e. The zero-order chi connectivity index (χ0) is 15.7. The number of rotatable bonds is 3. The van der Waals surface area contributed by atoms with Gasteiger partial charge in [0.15, 0.2) is 0 Å². The first-order chi connectivity index (χ1) is 10.6. The molecule has 5 heteroatoms. The number of aryl methyl sites for hydroxylation is 1. The minimum absolute atomic E-state index is 0.270. The Morgan fingerprint density at radius 2 is 2.05 bits per heavy atom. The summed E-state index contributed by atoms with van der Waals surface area (Å²) < 4.78 is 19.7. The van der Waals surface area contributed by atoms with Gasteiger partial charge in [0.05, 0.1) is 12.1 Å². The Morgan fingerprint density at radius 1 is 1.27 bits per heavy atom. The summed E-state index contributed by atoms with van der Waals surface area (Å²) in [6.07, 6.45) is 0. The van der Waals surface area contributed by atoms with E-state index in [4.69, 9.17) is 4.42 Å². The third-order valence-corrected chi connectivity index (χ3v) is 4.47. The van der Waals surface area contributed by atoms with E-state index in [1.54, 1.807) is 6.07 Å². The van der Waals surface area contributed by atoms with E-state index in [0.717, 1.165) is 16.5 Å². The van der Waals surface area contributed by atoms with E-state index >= 15 is 0 Å². The maximum absolute atomic E-state index is 13.3. The minimum atomic E-state index is -0.425. The number of para-hydroxylation sites is 1. The lowest BCUT2D eigenvalue weighted by molar-refractivity contribution is 0.0947. The third-order valence-electron chi connectivity index (χ3n) is 3.53. The number of amides is 1. The van der Waals surface area contributed by atoms with E-state index in [9.17, 15) is 9.18 Å². The van der Waals surface area contributed by atoms with Gasteiger partial charge in [-0.3, -0.25) is 4.79 Å². The molecule has 0 aliphatic heterocycles. The Hall–Kier alpha value is -1.89. The van der Waals surface area contributed by atoms with Crippen LogP contribution in [0.5, 0.6) is 0 Å². The second-order valence-corrected chi connectivity index (χ2v) is 6.12. The topological polar surface area (TPSA) is 42.2 Å². The van der Waals surface area contributed by atoms with Gasteiger partial charge in [-0.25, -0.2) is 4.39 Å². The van der Waals surface area contributed by atoms with Crippen molar-refractivity contribution >= 4 is 39.5 Å². The van der Waals surface area contributed by atoms with Gasteiger partial charge in [0.1, 0.15) is 17.2 Å². The number of nitrogens with one attached hydrogen (secondary N) is 1. The van der Waals surface area contributed by atoms with Gasteiger partial charge in [-0.2, -0.15) is 0 Å². The summed E-state index contributed by atoms with van der Waals surface area (Å²) in [5.74, 6) is -0.0322. The van der Waals surface area contributed by atoms with Crippen molar-refractivity contribution in [3.63, 3.8) is 0 Å². The van der Waals surface area contributed by atoms with Crippen LogP contribution in [0.3, 0.4) is 0 Å². The fourth-order valence-electron chi connectivity index (χ4n) is 2.32. The monoisotopic (exact) mass is 409 g/mol. The number of halogens is 2. The smallest absolute Gasteiger partial charge is 0.252 e. The van der Waals surface area contributed by atoms with Crippen molar-refractivity contribution in [2.45, 2.75) is 13.5 Å². The van der Waals surface area contributed by atoms with Crippen molar-refractivity contribution in [3.8, 4) is 0 Å². The normalized spacial score (nSPS) is 10.9. The van der Waals surface area contributed by atoms with Crippen LogP contribution in [0.15, 0.2) is 46.9 Å². The van der Waals surface area contributed by atoms with Crippen molar-refractivity contribution in [3.05, 3.63) is 68.7 Å². The van der Waals surface area contributed by atoms with Gasteiger partial charge in [-0.05, 0) is 53.8 Å². The molecule has 0 bridgehead atoms. The summed E-state index contributed by atoms with van der Waals surface area (Å²) >= 11 is 2.01. The molecular weight excluding hydrogens is 396 g/mol. The molecule has 1 amide bonds. The third kappa shape index (κ3) is 2.85. The second-order valence-electron chi connectivity index (χ2n) is 4.95. The van der Waals surface area contributed by atoms with Crippen LogP contribution in [0.2, 0.25) is 0 Å². The largest absolute Gasteiger partial charge is 0.459 e. The highest BCUT2D eigenvalue weighted by atomic mass is 127. The first-order valence-electron chi connectivity index (χ1n) is 6.76. The van der Waals surface area contributed by atoms with Crippen LogP contribution in [-0.4, -0.2) is 5.91 Å². The second kappa shape index (κ2) is 6.08. The molecule has 0 fully saturated rings. The molecule has 3 nitrogen and oxygen atoms in total. The lowest BCUT2D eigenvalue weighted by Crippen LogP contribution is -2.23. The molecule has 1 heterocycles. The molecule has 2 aromatic carbocycles. The number of carbonyl (C=O) groups is 1. The van der Waals surface area contributed by atoms with E-state index in [1.165, 1.54) is 12.1 Å². The molecule has 0 aliphatic carbocycles. The van der Waals surface area contributed by atoms with Crippen molar-refractivity contribution < 1.29 is 13.6 Å². The quantitative estimate of drug-likeness (QED) is 0.652. The van der Waals surface area contributed by atoms with Gasteiger partial charge in [0.25, 0.3) is 5.91 Å². The Kier molecular flexibility index (Phi) is 4.15. The number of hydrogen-bond acceptors (Lipinski definition) is 2. The van der Waals surface area contributed by atoms with Crippen LogP contribution in [0, 0.1) is 16.3 Å². The molecule has 0 saturated carbocycles. The summed E-state index contributed by atoms with van der Waals surface area (Å²) in [6.45, 7) is 2.23. The average Bonchev–Trinajstić information content (AvgIpc) is 2.84. The molecule has 0 spiro atoms. The molecule has 112 valence electrons.